The second-order valence-electron chi connectivity index (χ2n) is 4.66. The highest BCUT2D eigenvalue weighted by Crippen LogP contribution is 2.16. The maximum Gasteiger partial charge on any atom is 0.344 e. The Hall–Kier alpha value is -2.84. The van der Waals surface area contributed by atoms with E-state index in [1.165, 1.54) is 6.92 Å². The van der Waals surface area contributed by atoms with Crippen molar-refractivity contribution in [3.8, 4) is 0 Å². The van der Waals surface area contributed by atoms with Gasteiger partial charge in [-0.2, -0.15) is 0 Å². The van der Waals surface area contributed by atoms with E-state index in [4.69, 9.17) is 11.5 Å². The molecule has 130 valence electrons. The van der Waals surface area contributed by atoms with Crippen LogP contribution in [0.4, 0.5) is 13.2 Å². The summed E-state index contributed by atoms with van der Waals surface area (Å²) in [6, 6.07) is 0.693. The van der Waals surface area contributed by atoms with Gasteiger partial charge in [0.05, 0.1) is 5.56 Å². The van der Waals surface area contributed by atoms with Crippen LogP contribution >= 0.6 is 0 Å². The van der Waals surface area contributed by atoms with Gasteiger partial charge in [-0.3, -0.25) is 9.79 Å². The van der Waals surface area contributed by atoms with Gasteiger partial charge >= 0.3 is 5.97 Å². The van der Waals surface area contributed by atoms with Crippen LogP contribution in [0, 0.1) is 17.5 Å². The lowest BCUT2D eigenvalue weighted by atomic mass is 10.1. The van der Waals surface area contributed by atoms with Crippen LogP contribution in [-0.4, -0.2) is 30.7 Å². The molecule has 0 saturated carbocycles. The van der Waals surface area contributed by atoms with Crippen molar-refractivity contribution in [1.29, 1.82) is 0 Å². The maximum absolute atomic E-state index is 13.5. The van der Waals surface area contributed by atoms with Gasteiger partial charge in [-0.1, -0.05) is 0 Å². The van der Waals surface area contributed by atoms with E-state index in [0.717, 1.165) is 0 Å². The van der Waals surface area contributed by atoms with Crippen molar-refractivity contribution >= 4 is 17.6 Å². The van der Waals surface area contributed by atoms with E-state index in [0.29, 0.717) is 12.1 Å². The lowest BCUT2D eigenvalue weighted by Gasteiger charge is -2.10. The van der Waals surface area contributed by atoms with Crippen molar-refractivity contribution in [1.82, 2.24) is 0 Å². The predicted molar refractivity (Wildman–Crippen MR) is 80.7 cm³/mol. The van der Waals surface area contributed by atoms with Crippen LogP contribution in [0.25, 0.3) is 0 Å². The van der Waals surface area contributed by atoms with Crippen LogP contribution in [-0.2, 0) is 9.53 Å². The third kappa shape index (κ3) is 4.58. The molecule has 6 nitrogen and oxygen atoms in total. The molecule has 1 rings (SSSR count). The Balaban J connectivity index is 2.93. The number of esters is 1. The number of ketones is 1. The largest absolute Gasteiger partial charge is 0.454 e. The Kier molecular flexibility index (Phi) is 6.51. The maximum atomic E-state index is 13.5. The second-order valence-corrected chi connectivity index (χ2v) is 4.66. The fraction of sp³-hybridized carbons (Fsp3) is 0.267. The molecule has 24 heavy (non-hydrogen) atoms. The number of rotatable bonds is 6. The van der Waals surface area contributed by atoms with Crippen molar-refractivity contribution in [2.24, 2.45) is 16.5 Å². The van der Waals surface area contributed by atoms with Crippen molar-refractivity contribution in [2.45, 2.75) is 13.8 Å². The van der Waals surface area contributed by atoms with Crippen LogP contribution in [0.1, 0.15) is 24.2 Å². The zero-order chi connectivity index (χ0) is 18.4. The number of aliphatic imine (C=N–C) groups is 1. The molecule has 0 atom stereocenters. The molecule has 0 unspecified atom stereocenters. The number of ether oxygens (including phenoxy) is 1. The van der Waals surface area contributed by atoms with Crippen LogP contribution in [0.2, 0.25) is 0 Å². The molecule has 1 aromatic rings. The first-order chi connectivity index (χ1) is 11.2. The predicted octanol–water partition coefficient (Wildman–Crippen LogP) is 1.44. The quantitative estimate of drug-likeness (QED) is 0.267. The Bertz CT molecular complexity index is 703. The van der Waals surface area contributed by atoms with E-state index in [2.05, 4.69) is 9.73 Å². The average molecular weight is 343 g/mol. The number of hydrogen-bond donors (Lipinski definition) is 2. The highest BCUT2D eigenvalue weighted by molar-refractivity contribution is 6.19. The summed E-state index contributed by atoms with van der Waals surface area (Å²) in [7, 11) is 0. The molecule has 0 aliphatic heterocycles. The summed E-state index contributed by atoms with van der Waals surface area (Å²) in [5.41, 5.74) is 9.85. The molecule has 0 radical (unpaired) electrons. The van der Waals surface area contributed by atoms with Crippen molar-refractivity contribution in [2.75, 3.05) is 13.2 Å². The molecule has 0 aliphatic rings. The summed E-state index contributed by atoms with van der Waals surface area (Å²) in [6.07, 6.45) is 0. The number of hydrogen-bond acceptors (Lipinski definition) is 5. The zero-order valence-corrected chi connectivity index (χ0v) is 13.0. The summed E-state index contributed by atoms with van der Waals surface area (Å²) in [4.78, 5) is 27.5. The lowest BCUT2D eigenvalue weighted by molar-refractivity contribution is -0.137. The molecule has 0 saturated heterocycles. The first kappa shape index (κ1) is 19.2. The van der Waals surface area contributed by atoms with Gasteiger partial charge in [0.1, 0.15) is 28.9 Å². The number of carbonyl (C=O) groups excluding carboxylic acids is 2. The summed E-state index contributed by atoms with van der Waals surface area (Å²) < 4.78 is 44.5. The average Bonchev–Trinajstić information content (AvgIpc) is 2.44. The molecule has 0 amide bonds. The number of amidine groups is 1. The van der Waals surface area contributed by atoms with Gasteiger partial charge in [0.25, 0.3) is 0 Å². The van der Waals surface area contributed by atoms with E-state index >= 15 is 0 Å². The lowest BCUT2D eigenvalue weighted by Crippen LogP contribution is -2.28. The third-order valence-electron chi connectivity index (χ3n) is 2.80. The van der Waals surface area contributed by atoms with Gasteiger partial charge in [0, 0.05) is 24.4 Å². The molecule has 1 aromatic carbocycles. The number of allylic oxidation sites excluding steroid dienone is 1. The third-order valence-corrected chi connectivity index (χ3v) is 2.80. The molecule has 0 aromatic heterocycles. The Morgan fingerprint density at radius 3 is 2.17 bits per heavy atom. The smallest absolute Gasteiger partial charge is 0.344 e. The number of carbonyl (C=O) groups is 2. The SMILES string of the molecule is CCN=C(N)/C(C(=O)OCC(=O)c1c(F)cc(F)cc1F)=C(/C)N. The van der Waals surface area contributed by atoms with Gasteiger partial charge in [-0.25, -0.2) is 18.0 Å². The Labute approximate surface area is 136 Å². The molecule has 0 bridgehead atoms. The van der Waals surface area contributed by atoms with Gasteiger partial charge in [0.15, 0.2) is 6.61 Å². The fourth-order valence-electron chi connectivity index (χ4n) is 1.80. The van der Waals surface area contributed by atoms with Crippen LogP contribution in [0.5, 0.6) is 0 Å². The van der Waals surface area contributed by atoms with E-state index in [1.807, 2.05) is 0 Å². The minimum absolute atomic E-state index is 0.00120. The van der Waals surface area contributed by atoms with E-state index < -0.39 is 41.4 Å². The van der Waals surface area contributed by atoms with E-state index in [1.54, 1.807) is 6.92 Å². The molecular formula is C15H16F3N3O3. The van der Waals surface area contributed by atoms with E-state index in [9.17, 15) is 22.8 Å². The number of Topliss-reactive ketones (excluding diaryl/α,β-unsaturated/α-hetero) is 1. The summed E-state index contributed by atoms with van der Waals surface area (Å²) in [5.74, 6) is -6.41. The molecule has 0 fully saturated rings. The fourth-order valence-corrected chi connectivity index (χ4v) is 1.80. The molecule has 0 spiro atoms. The first-order valence-corrected chi connectivity index (χ1v) is 6.80. The highest BCUT2D eigenvalue weighted by atomic mass is 19.1. The molecular weight excluding hydrogens is 327 g/mol. The van der Waals surface area contributed by atoms with Gasteiger partial charge in [-0.05, 0) is 13.8 Å². The normalized spacial score (nSPS) is 12.6. The highest BCUT2D eigenvalue weighted by Gasteiger charge is 2.23. The van der Waals surface area contributed by atoms with Crippen LogP contribution < -0.4 is 11.5 Å². The van der Waals surface area contributed by atoms with Gasteiger partial charge in [0.2, 0.25) is 5.78 Å². The Morgan fingerprint density at radius 2 is 1.71 bits per heavy atom. The van der Waals surface area contributed by atoms with Crippen LogP contribution in [0.15, 0.2) is 28.4 Å². The summed E-state index contributed by atoms with van der Waals surface area (Å²) >= 11 is 0. The monoisotopic (exact) mass is 343 g/mol. The molecule has 4 N–H and O–H groups in total. The van der Waals surface area contributed by atoms with Crippen molar-refractivity contribution < 1.29 is 27.5 Å². The zero-order valence-electron chi connectivity index (χ0n) is 13.0. The number of nitrogens with zero attached hydrogens (tertiary/aromatic N) is 1. The topological polar surface area (TPSA) is 108 Å². The van der Waals surface area contributed by atoms with Gasteiger partial charge in [-0.15, -0.1) is 0 Å². The summed E-state index contributed by atoms with van der Waals surface area (Å²) in [6.45, 7) is 2.34. The number of nitrogens with two attached hydrogens (primary N) is 2. The standard InChI is InChI=1S/C15H16F3N3O3/c1-3-21-14(20)12(7(2)19)15(23)24-6-11(22)13-9(17)4-8(16)5-10(13)18/h4-5H,3,6,19H2,1-2H3,(H2,20,21)/b12-7+. The van der Waals surface area contributed by atoms with Crippen LogP contribution in [0.3, 0.4) is 0 Å². The Morgan fingerprint density at radius 1 is 1.17 bits per heavy atom. The number of halogens is 3. The van der Waals surface area contributed by atoms with E-state index in [-0.39, 0.29) is 23.7 Å². The molecule has 9 heteroatoms. The van der Waals surface area contributed by atoms with Crippen molar-refractivity contribution in [3.05, 3.63) is 46.4 Å². The minimum atomic E-state index is -1.40. The summed E-state index contributed by atoms with van der Waals surface area (Å²) in [5, 5.41) is 0. The first-order valence-electron chi connectivity index (χ1n) is 6.80. The minimum Gasteiger partial charge on any atom is -0.454 e. The van der Waals surface area contributed by atoms with Gasteiger partial charge < -0.3 is 16.2 Å². The molecule has 0 aliphatic carbocycles. The number of benzene rings is 1. The van der Waals surface area contributed by atoms with Crippen molar-refractivity contribution in [3.63, 3.8) is 0 Å². The second kappa shape index (κ2) is 8.14. The molecule has 0 heterocycles.